The topological polar surface area (TPSA) is 60.3 Å². The Bertz CT molecular complexity index is 1130. The Morgan fingerprint density at radius 3 is 2.24 bits per heavy atom. The van der Waals surface area contributed by atoms with Crippen molar-refractivity contribution in [2.45, 2.75) is 32.9 Å². The van der Waals surface area contributed by atoms with Gasteiger partial charge in [0.05, 0.1) is 16.6 Å². The summed E-state index contributed by atoms with van der Waals surface area (Å²) in [7, 11) is 1.67. The summed E-state index contributed by atoms with van der Waals surface area (Å²) < 4.78 is 6.84. The summed E-state index contributed by atoms with van der Waals surface area (Å²) in [5.74, 6) is 0. The molecule has 0 fully saturated rings. The van der Waals surface area contributed by atoms with Crippen molar-refractivity contribution in [3.63, 3.8) is 0 Å². The van der Waals surface area contributed by atoms with Crippen LogP contribution in [0, 0.1) is 0 Å². The molecule has 3 rings (SSSR count). The molecule has 1 heterocycles. The number of hydrogen-bond acceptors (Lipinski definition) is 3. The minimum atomic E-state index is -0.619. The average Bonchev–Trinajstić information content (AvgIpc) is 2.64. The molecular formula is C22H22Cl2N2O3. The van der Waals surface area contributed by atoms with E-state index in [1.165, 1.54) is 4.57 Å². The highest BCUT2D eigenvalue weighted by Gasteiger charge is 2.20. The highest BCUT2D eigenvalue weighted by atomic mass is 35.5. The number of alkyl carbamates (subject to hydrolysis) is 1. The fourth-order valence-corrected chi connectivity index (χ4v) is 3.49. The van der Waals surface area contributed by atoms with Crippen LogP contribution in [0.1, 0.15) is 26.5 Å². The molecule has 0 aliphatic rings. The minimum absolute atomic E-state index is 0.112. The maximum atomic E-state index is 13.0. The standard InChI is InChI=1S/C22H22Cl2N2O3/c1-22(2,3)29-21(28)25-12-18-19(13-8-6-5-7-9-13)14-10-16(23)17(24)11-15(14)20(27)26(18)4/h5-11H,12H2,1-4H3,(H,25,28). The van der Waals surface area contributed by atoms with Gasteiger partial charge in [-0.1, -0.05) is 53.5 Å². The van der Waals surface area contributed by atoms with Crippen molar-refractivity contribution >= 4 is 40.1 Å². The number of nitrogens with zero attached hydrogens (tertiary/aromatic N) is 1. The summed E-state index contributed by atoms with van der Waals surface area (Å²) in [5, 5.41) is 4.55. The van der Waals surface area contributed by atoms with Crippen molar-refractivity contribution in [3.05, 3.63) is 68.6 Å². The maximum absolute atomic E-state index is 13.0. The van der Waals surface area contributed by atoms with E-state index >= 15 is 0 Å². The zero-order valence-electron chi connectivity index (χ0n) is 16.7. The van der Waals surface area contributed by atoms with E-state index in [2.05, 4.69) is 5.32 Å². The molecule has 0 spiro atoms. The van der Waals surface area contributed by atoms with Gasteiger partial charge in [0, 0.05) is 23.7 Å². The van der Waals surface area contributed by atoms with Crippen LogP contribution >= 0.6 is 23.2 Å². The molecule has 1 amide bonds. The molecule has 1 aromatic heterocycles. The first-order valence-corrected chi connectivity index (χ1v) is 9.87. The van der Waals surface area contributed by atoms with Crippen LogP contribution in [0.4, 0.5) is 4.79 Å². The number of benzene rings is 2. The van der Waals surface area contributed by atoms with Crippen LogP contribution in [0.5, 0.6) is 0 Å². The van der Waals surface area contributed by atoms with E-state index in [4.69, 9.17) is 27.9 Å². The Labute approximate surface area is 179 Å². The van der Waals surface area contributed by atoms with Gasteiger partial charge in [0.2, 0.25) is 0 Å². The Morgan fingerprint density at radius 2 is 1.66 bits per heavy atom. The molecule has 2 aromatic carbocycles. The van der Waals surface area contributed by atoms with Crippen molar-refractivity contribution in [3.8, 4) is 11.1 Å². The van der Waals surface area contributed by atoms with Gasteiger partial charge in [-0.15, -0.1) is 0 Å². The number of nitrogens with one attached hydrogen (secondary N) is 1. The van der Waals surface area contributed by atoms with Crippen LogP contribution in [0.25, 0.3) is 21.9 Å². The van der Waals surface area contributed by atoms with Gasteiger partial charge in [-0.3, -0.25) is 4.79 Å². The highest BCUT2D eigenvalue weighted by Crippen LogP contribution is 2.35. The van der Waals surface area contributed by atoms with Gasteiger partial charge in [0.25, 0.3) is 5.56 Å². The van der Waals surface area contributed by atoms with E-state index < -0.39 is 11.7 Å². The van der Waals surface area contributed by atoms with Crippen molar-refractivity contribution < 1.29 is 9.53 Å². The molecule has 0 saturated carbocycles. The molecule has 0 aliphatic carbocycles. The number of carbonyl (C=O) groups is 1. The van der Waals surface area contributed by atoms with Crippen molar-refractivity contribution in [2.24, 2.45) is 7.05 Å². The van der Waals surface area contributed by atoms with Crippen LogP contribution in [0.3, 0.4) is 0 Å². The number of ether oxygens (including phenoxy) is 1. The van der Waals surface area contributed by atoms with Gasteiger partial charge in [0.1, 0.15) is 5.60 Å². The number of hydrogen-bond donors (Lipinski definition) is 1. The summed E-state index contributed by atoms with van der Waals surface area (Å²) >= 11 is 12.4. The molecule has 0 unspecified atom stereocenters. The highest BCUT2D eigenvalue weighted by molar-refractivity contribution is 6.43. The Balaban J connectivity index is 2.20. The van der Waals surface area contributed by atoms with E-state index in [-0.39, 0.29) is 12.1 Å². The molecule has 0 radical (unpaired) electrons. The fourth-order valence-electron chi connectivity index (χ4n) is 3.16. The number of carbonyl (C=O) groups excluding carboxylic acids is 1. The quantitative estimate of drug-likeness (QED) is 0.590. The van der Waals surface area contributed by atoms with E-state index in [1.54, 1.807) is 40.0 Å². The first kappa shape index (κ1) is 21.2. The number of halogens is 2. The van der Waals surface area contributed by atoms with Crippen LogP contribution in [0.15, 0.2) is 47.3 Å². The average molecular weight is 433 g/mol. The molecule has 0 saturated heterocycles. The molecule has 152 valence electrons. The van der Waals surface area contributed by atoms with E-state index in [1.807, 2.05) is 30.3 Å². The lowest BCUT2D eigenvalue weighted by Gasteiger charge is -2.21. The number of aromatic nitrogens is 1. The lowest BCUT2D eigenvalue weighted by molar-refractivity contribution is 0.0522. The second-order valence-corrected chi connectivity index (χ2v) is 8.53. The van der Waals surface area contributed by atoms with Crippen molar-refractivity contribution in [1.29, 1.82) is 0 Å². The summed E-state index contributed by atoms with van der Waals surface area (Å²) in [6, 6.07) is 12.9. The summed E-state index contributed by atoms with van der Waals surface area (Å²) in [4.78, 5) is 25.2. The molecule has 5 nitrogen and oxygen atoms in total. The smallest absolute Gasteiger partial charge is 0.407 e. The molecule has 3 aromatic rings. The van der Waals surface area contributed by atoms with Crippen LogP contribution in [-0.2, 0) is 18.3 Å². The summed E-state index contributed by atoms with van der Waals surface area (Å²) in [5.41, 5.74) is 1.49. The zero-order valence-corrected chi connectivity index (χ0v) is 18.2. The van der Waals surface area contributed by atoms with E-state index in [9.17, 15) is 9.59 Å². The Kier molecular flexibility index (Phi) is 5.92. The second kappa shape index (κ2) is 8.09. The molecule has 0 aliphatic heterocycles. The van der Waals surface area contributed by atoms with Crippen LogP contribution in [-0.4, -0.2) is 16.3 Å². The largest absolute Gasteiger partial charge is 0.444 e. The summed E-state index contributed by atoms with van der Waals surface area (Å²) in [6.45, 7) is 5.49. The zero-order chi connectivity index (χ0) is 21.3. The normalized spacial score (nSPS) is 11.5. The van der Waals surface area contributed by atoms with Gasteiger partial charge in [-0.25, -0.2) is 4.79 Å². The maximum Gasteiger partial charge on any atom is 0.407 e. The number of rotatable bonds is 3. The molecule has 0 bridgehead atoms. The molecule has 0 atom stereocenters. The number of fused-ring (bicyclic) bond motifs is 1. The van der Waals surface area contributed by atoms with Gasteiger partial charge in [0.15, 0.2) is 0 Å². The van der Waals surface area contributed by atoms with E-state index in [0.29, 0.717) is 26.5 Å². The minimum Gasteiger partial charge on any atom is -0.444 e. The van der Waals surface area contributed by atoms with E-state index in [0.717, 1.165) is 11.1 Å². The second-order valence-electron chi connectivity index (χ2n) is 7.72. The van der Waals surface area contributed by atoms with Gasteiger partial charge in [-0.2, -0.15) is 0 Å². The fraction of sp³-hybridized carbons (Fsp3) is 0.273. The van der Waals surface area contributed by atoms with Crippen molar-refractivity contribution in [2.75, 3.05) is 0 Å². The lowest BCUT2D eigenvalue weighted by atomic mass is 9.96. The third-order valence-electron chi connectivity index (χ3n) is 4.42. The summed E-state index contributed by atoms with van der Waals surface area (Å²) in [6.07, 6.45) is -0.557. The molecule has 1 N–H and O–H groups in total. The first-order chi connectivity index (χ1) is 13.6. The Morgan fingerprint density at radius 1 is 1.07 bits per heavy atom. The monoisotopic (exact) mass is 432 g/mol. The van der Waals surface area contributed by atoms with Crippen LogP contribution in [0.2, 0.25) is 10.0 Å². The molecule has 29 heavy (non-hydrogen) atoms. The molecular weight excluding hydrogens is 411 g/mol. The van der Waals surface area contributed by atoms with Gasteiger partial charge >= 0.3 is 6.09 Å². The molecule has 7 heteroatoms. The van der Waals surface area contributed by atoms with Crippen LogP contribution < -0.4 is 10.9 Å². The van der Waals surface area contributed by atoms with Crippen molar-refractivity contribution in [1.82, 2.24) is 9.88 Å². The van der Waals surface area contributed by atoms with Gasteiger partial charge in [-0.05, 0) is 43.9 Å². The predicted octanol–water partition coefficient (Wildman–Crippen LogP) is 5.54. The first-order valence-electron chi connectivity index (χ1n) is 9.11. The third kappa shape index (κ3) is 4.57. The number of pyridine rings is 1. The number of amides is 1. The Hall–Kier alpha value is -2.50. The predicted molar refractivity (Wildman–Crippen MR) is 118 cm³/mol. The SMILES string of the molecule is Cn1c(CNC(=O)OC(C)(C)C)c(-c2ccccc2)c2cc(Cl)c(Cl)cc2c1=O. The lowest BCUT2D eigenvalue weighted by Crippen LogP contribution is -2.34. The van der Waals surface area contributed by atoms with Gasteiger partial charge < -0.3 is 14.6 Å². The third-order valence-corrected chi connectivity index (χ3v) is 5.14.